The normalized spacial score (nSPS) is 10.6. The van der Waals surface area contributed by atoms with Gasteiger partial charge in [0, 0.05) is 31.2 Å². The van der Waals surface area contributed by atoms with Crippen molar-refractivity contribution in [3.8, 4) is 0 Å². The lowest BCUT2D eigenvalue weighted by Crippen LogP contribution is -2.21. The van der Waals surface area contributed by atoms with E-state index in [0.717, 1.165) is 28.4 Å². The molecule has 0 atom stereocenters. The zero-order valence-electron chi connectivity index (χ0n) is 10.8. The van der Waals surface area contributed by atoms with Gasteiger partial charge in [0.2, 0.25) is 0 Å². The molecule has 0 spiro atoms. The number of aldehydes is 1. The maximum Gasteiger partial charge on any atom is 0.251 e. The van der Waals surface area contributed by atoms with Crippen LogP contribution in [0, 0.1) is 6.92 Å². The Balaban J connectivity index is 2.83. The number of benzene rings is 1. The Hall–Kier alpha value is -2.10. The van der Waals surface area contributed by atoms with Crippen molar-refractivity contribution in [2.24, 2.45) is 0 Å². The third-order valence-electron chi connectivity index (χ3n) is 3.08. The van der Waals surface area contributed by atoms with E-state index >= 15 is 0 Å². The molecule has 0 aliphatic carbocycles. The van der Waals surface area contributed by atoms with Crippen LogP contribution in [0.3, 0.4) is 0 Å². The van der Waals surface area contributed by atoms with E-state index < -0.39 is 0 Å². The molecule has 18 heavy (non-hydrogen) atoms. The second-order valence-electron chi connectivity index (χ2n) is 4.54. The molecule has 2 aromatic rings. The van der Waals surface area contributed by atoms with Gasteiger partial charge in [-0.1, -0.05) is 6.07 Å². The third kappa shape index (κ3) is 2.01. The molecule has 0 radical (unpaired) electrons. The summed E-state index contributed by atoms with van der Waals surface area (Å²) in [6, 6.07) is 7.50. The zero-order valence-corrected chi connectivity index (χ0v) is 10.8. The first-order chi connectivity index (χ1) is 8.54. The Kier molecular flexibility index (Phi) is 3.19. The minimum atomic E-state index is -0.136. The summed E-state index contributed by atoms with van der Waals surface area (Å²) in [4.78, 5) is 24.6. The molecule has 94 valence electrons. The summed E-state index contributed by atoms with van der Waals surface area (Å²) in [6.07, 6.45) is 0.749. The van der Waals surface area contributed by atoms with Gasteiger partial charge in [0.15, 0.2) is 0 Å². The van der Waals surface area contributed by atoms with Crippen LogP contribution in [0.4, 0.5) is 5.69 Å². The lowest BCUT2D eigenvalue weighted by molar-refractivity contribution is -0.108. The fourth-order valence-electron chi connectivity index (χ4n) is 2.08. The van der Waals surface area contributed by atoms with Crippen LogP contribution in [0.15, 0.2) is 29.1 Å². The van der Waals surface area contributed by atoms with Gasteiger partial charge in [-0.05, 0) is 24.6 Å². The molecule has 1 aromatic heterocycles. The maximum absolute atomic E-state index is 11.9. The van der Waals surface area contributed by atoms with Gasteiger partial charge in [-0.25, -0.2) is 0 Å². The predicted molar refractivity (Wildman–Crippen MR) is 73.3 cm³/mol. The number of carbonyl (C=O) groups is 1. The van der Waals surface area contributed by atoms with E-state index in [4.69, 9.17) is 0 Å². The van der Waals surface area contributed by atoms with Crippen molar-refractivity contribution in [1.29, 1.82) is 0 Å². The summed E-state index contributed by atoms with van der Waals surface area (Å²) < 4.78 is 1.50. The molecule has 0 saturated carbocycles. The largest absolute Gasteiger partial charge is 0.378 e. The summed E-state index contributed by atoms with van der Waals surface area (Å²) in [5.41, 5.74) is 2.61. The standard InChI is InChI=1S/C14H16N2O2/c1-10-8-14(18)16(6-7-17)13-9-11(15(2)3)4-5-12(10)13/h4-5,7-9H,6H2,1-3H3. The Morgan fingerprint density at radius 1 is 1.28 bits per heavy atom. The molecule has 2 rings (SSSR count). The van der Waals surface area contributed by atoms with Crippen LogP contribution in [0.25, 0.3) is 10.9 Å². The van der Waals surface area contributed by atoms with E-state index in [0.29, 0.717) is 0 Å². The molecule has 1 aromatic carbocycles. The average Bonchev–Trinajstić information content (AvgIpc) is 2.33. The summed E-state index contributed by atoms with van der Waals surface area (Å²) in [6.45, 7) is 2.00. The van der Waals surface area contributed by atoms with Crippen molar-refractivity contribution in [2.45, 2.75) is 13.5 Å². The fourth-order valence-corrected chi connectivity index (χ4v) is 2.08. The number of hydrogen-bond donors (Lipinski definition) is 0. The minimum Gasteiger partial charge on any atom is -0.378 e. The molecule has 0 aliphatic rings. The summed E-state index contributed by atoms with van der Waals surface area (Å²) in [7, 11) is 3.89. The minimum absolute atomic E-state index is 0.0898. The van der Waals surface area contributed by atoms with Gasteiger partial charge >= 0.3 is 0 Å². The SMILES string of the molecule is Cc1cc(=O)n(CC=O)c2cc(N(C)C)ccc12. The smallest absolute Gasteiger partial charge is 0.251 e. The van der Waals surface area contributed by atoms with E-state index in [1.54, 1.807) is 6.07 Å². The first-order valence-corrected chi connectivity index (χ1v) is 5.79. The van der Waals surface area contributed by atoms with Crippen molar-refractivity contribution >= 4 is 22.9 Å². The number of rotatable bonds is 3. The number of carbonyl (C=O) groups excluding carboxylic acids is 1. The predicted octanol–water partition coefficient (Wildman–Crippen LogP) is 1.57. The van der Waals surface area contributed by atoms with Crippen molar-refractivity contribution < 1.29 is 4.79 Å². The molecule has 4 nitrogen and oxygen atoms in total. The van der Waals surface area contributed by atoms with Gasteiger partial charge in [-0.2, -0.15) is 0 Å². The number of fused-ring (bicyclic) bond motifs is 1. The highest BCUT2D eigenvalue weighted by Gasteiger charge is 2.07. The Morgan fingerprint density at radius 3 is 2.61 bits per heavy atom. The van der Waals surface area contributed by atoms with Crippen LogP contribution in [0.1, 0.15) is 5.56 Å². The van der Waals surface area contributed by atoms with Crippen LogP contribution >= 0.6 is 0 Å². The lowest BCUT2D eigenvalue weighted by Gasteiger charge is -2.15. The van der Waals surface area contributed by atoms with Crippen LogP contribution < -0.4 is 10.5 Å². The van der Waals surface area contributed by atoms with Crippen molar-refractivity contribution in [1.82, 2.24) is 4.57 Å². The molecule has 4 heteroatoms. The number of anilines is 1. The number of nitrogens with zero attached hydrogens (tertiary/aromatic N) is 2. The molecule has 1 heterocycles. The van der Waals surface area contributed by atoms with Crippen LogP contribution in [-0.2, 0) is 11.3 Å². The monoisotopic (exact) mass is 244 g/mol. The summed E-state index contributed by atoms with van der Waals surface area (Å²) in [5, 5.41) is 1.00. The quantitative estimate of drug-likeness (QED) is 0.770. The van der Waals surface area contributed by atoms with Crippen LogP contribution in [-0.4, -0.2) is 24.9 Å². The van der Waals surface area contributed by atoms with E-state index in [1.807, 2.05) is 44.1 Å². The molecular formula is C14H16N2O2. The molecule has 0 aliphatic heterocycles. The third-order valence-corrected chi connectivity index (χ3v) is 3.08. The first-order valence-electron chi connectivity index (χ1n) is 5.79. The second kappa shape index (κ2) is 4.64. The van der Waals surface area contributed by atoms with Crippen molar-refractivity contribution in [3.05, 3.63) is 40.2 Å². The molecule has 0 saturated heterocycles. The maximum atomic E-state index is 11.9. The number of pyridine rings is 1. The van der Waals surface area contributed by atoms with E-state index in [-0.39, 0.29) is 12.1 Å². The molecule has 0 amide bonds. The highest BCUT2D eigenvalue weighted by molar-refractivity contribution is 5.86. The van der Waals surface area contributed by atoms with Gasteiger partial charge < -0.3 is 14.3 Å². The topological polar surface area (TPSA) is 42.3 Å². The number of hydrogen-bond acceptors (Lipinski definition) is 3. The van der Waals surface area contributed by atoms with Crippen molar-refractivity contribution in [2.75, 3.05) is 19.0 Å². The van der Waals surface area contributed by atoms with Crippen LogP contribution in [0.5, 0.6) is 0 Å². The Labute approximate surface area is 105 Å². The Bertz CT molecular complexity index is 657. The molecule has 0 unspecified atom stereocenters. The highest BCUT2D eigenvalue weighted by Crippen LogP contribution is 2.22. The van der Waals surface area contributed by atoms with E-state index in [9.17, 15) is 9.59 Å². The average molecular weight is 244 g/mol. The second-order valence-corrected chi connectivity index (χ2v) is 4.54. The van der Waals surface area contributed by atoms with E-state index in [1.165, 1.54) is 4.57 Å². The molecule has 0 bridgehead atoms. The number of aryl methyl sites for hydroxylation is 1. The molecular weight excluding hydrogens is 228 g/mol. The van der Waals surface area contributed by atoms with Gasteiger partial charge in [0.25, 0.3) is 5.56 Å². The molecule has 0 fully saturated rings. The Morgan fingerprint density at radius 2 is 2.00 bits per heavy atom. The van der Waals surface area contributed by atoms with Gasteiger partial charge in [-0.3, -0.25) is 4.79 Å². The first kappa shape index (κ1) is 12.4. The van der Waals surface area contributed by atoms with Gasteiger partial charge in [0.05, 0.1) is 12.1 Å². The lowest BCUT2D eigenvalue weighted by atomic mass is 10.1. The van der Waals surface area contributed by atoms with Gasteiger partial charge in [0.1, 0.15) is 6.29 Å². The summed E-state index contributed by atoms with van der Waals surface area (Å²) >= 11 is 0. The van der Waals surface area contributed by atoms with E-state index in [2.05, 4.69) is 0 Å². The fraction of sp³-hybridized carbons (Fsp3) is 0.286. The summed E-state index contributed by atoms with van der Waals surface area (Å²) in [5.74, 6) is 0. The highest BCUT2D eigenvalue weighted by atomic mass is 16.1. The van der Waals surface area contributed by atoms with Crippen LogP contribution in [0.2, 0.25) is 0 Å². The van der Waals surface area contributed by atoms with Crippen molar-refractivity contribution in [3.63, 3.8) is 0 Å². The molecule has 0 N–H and O–H groups in total. The van der Waals surface area contributed by atoms with Gasteiger partial charge in [-0.15, -0.1) is 0 Å². The zero-order chi connectivity index (χ0) is 13.3. The number of aromatic nitrogens is 1.